The smallest absolute Gasteiger partial charge is 0.0792 e. The van der Waals surface area contributed by atoms with E-state index in [2.05, 4.69) is 242 Å². The van der Waals surface area contributed by atoms with Crippen LogP contribution in [0.2, 0.25) is 0 Å². The lowest BCUT2D eigenvalue weighted by molar-refractivity contribution is 0.660. The molecule has 5 nitrogen and oxygen atoms in total. The highest BCUT2D eigenvalue weighted by atomic mass is 15.3. The van der Waals surface area contributed by atoms with Gasteiger partial charge in [0.15, 0.2) is 0 Å². The van der Waals surface area contributed by atoms with Gasteiger partial charge in [-0.1, -0.05) is 129 Å². The second-order valence-corrected chi connectivity index (χ2v) is 19.5. The number of rotatable bonds is 4. The molecule has 1 aromatic heterocycles. The molecule has 0 amide bonds. The van der Waals surface area contributed by atoms with E-state index in [9.17, 15) is 0 Å². The van der Waals surface area contributed by atoms with Crippen molar-refractivity contribution in [1.82, 2.24) is 4.98 Å². The highest BCUT2D eigenvalue weighted by molar-refractivity contribution is 6.24. The Morgan fingerprint density at radius 3 is 1.78 bits per heavy atom. The molecule has 9 aromatic carbocycles. The van der Waals surface area contributed by atoms with Gasteiger partial charge in [0.2, 0.25) is 0 Å². The molecule has 0 saturated carbocycles. The van der Waals surface area contributed by atoms with E-state index >= 15 is 0 Å². The van der Waals surface area contributed by atoms with E-state index in [1.165, 1.54) is 77.7 Å². The minimum atomic E-state index is -0.166. The third-order valence-electron chi connectivity index (χ3n) is 15.6. The third-order valence-corrected chi connectivity index (χ3v) is 15.6. The molecule has 3 heterocycles. The topological polar surface area (TPSA) is 25.9 Å². The average molecular weight is 888 g/mol. The highest BCUT2D eigenvalue weighted by Crippen LogP contribution is 2.55. The normalized spacial score (nSPS) is 15.3. The molecule has 0 unspecified atom stereocenters. The van der Waals surface area contributed by atoms with Crippen LogP contribution in [0.4, 0.5) is 45.5 Å². The first-order valence-electron chi connectivity index (χ1n) is 24.2. The Morgan fingerprint density at radius 2 is 1.04 bits per heavy atom. The van der Waals surface area contributed by atoms with Gasteiger partial charge in [-0.25, -0.2) is 0 Å². The zero-order valence-electron chi connectivity index (χ0n) is 39.2. The Kier molecular flexibility index (Phi) is 8.52. The zero-order chi connectivity index (χ0) is 46.1. The molecule has 0 saturated heterocycles. The van der Waals surface area contributed by atoms with Crippen LogP contribution in [0.1, 0.15) is 37.8 Å². The molecule has 330 valence electrons. The van der Waals surface area contributed by atoms with Gasteiger partial charge in [0.1, 0.15) is 0 Å². The van der Waals surface area contributed by atoms with Gasteiger partial charge >= 0.3 is 0 Å². The number of para-hydroxylation sites is 6. The van der Waals surface area contributed by atoms with Crippen LogP contribution in [0, 0.1) is 0 Å². The molecule has 0 fully saturated rings. The van der Waals surface area contributed by atoms with E-state index in [1.807, 2.05) is 6.20 Å². The van der Waals surface area contributed by atoms with Crippen LogP contribution in [-0.4, -0.2) is 19.1 Å². The van der Waals surface area contributed by atoms with Crippen molar-refractivity contribution < 1.29 is 0 Å². The highest BCUT2D eigenvalue weighted by Gasteiger charge is 2.36. The summed E-state index contributed by atoms with van der Waals surface area (Å²) in [6.07, 6.45) is 8.67. The number of hydrogen-bond donors (Lipinski definition) is 0. The molecule has 0 radical (unpaired) electrons. The van der Waals surface area contributed by atoms with Crippen LogP contribution < -0.4 is 19.6 Å². The predicted molar refractivity (Wildman–Crippen MR) is 290 cm³/mol. The van der Waals surface area contributed by atoms with Gasteiger partial charge in [-0.2, -0.15) is 0 Å². The number of benzene rings is 9. The third kappa shape index (κ3) is 5.68. The molecule has 10 aromatic rings. The van der Waals surface area contributed by atoms with E-state index in [1.54, 1.807) is 0 Å². The summed E-state index contributed by atoms with van der Waals surface area (Å²) in [5, 5.41) is 7.01. The molecule has 0 N–H and O–H groups in total. The summed E-state index contributed by atoms with van der Waals surface area (Å²) in [5.74, 6) is 0. The lowest BCUT2D eigenvalue weighted by atomic mass is 9.80. The maximum absolute atomic E-state index is 5.34. The van der Waals surface area contributed by atoms with Crippen molar-refractivity contribution in [2.24, 2.45) is 0 Å². The molecule has 4 aliphatic rings. The fraction of sp³-hybridized carbons (Fsp3) is 0.109. The standard InChI is InChI=1S/C64H49N5/c1-64(2)51-20-8-7-19-45(51)46-32-29-41(37-52(46)64)61-47-33-30-43(69-59-27-15-11-23-55(59)67(4)56-24-12-16-28-60(56)69)39-50(47)62(63-44-18-6-5-17-40(44)35-36-65-63)48-34-31-42(38-49(48)61)68-57-25-13-9-21-53(57)66(3)54-22-10-14-26-58(54)68/h5-9,11-21,23-39H,10,22H2,1-4H3. The molecule has 14 rings (SSSR count). The first kappa shape index (κ1) is 39.7. The van der Waals surface area contributed by atoms with E-state index in [-0.39, 0.29) is 5.41 Å². The van der Waals surface area contributed by atoms with Crippen LogP contribution in [0.15, 0.2) is 212 Å². The fourth-order valence-corrected chi connectivity index (χ4v) is 12.3. The summed E-state index contributed by atoms with van der Waals surface area (Å²) in [7, 11) is 4.39. The molecule has 5 heteroatoms. The molecule has 0 bridgehead atoms. The first-order valence-corrected chi connectivity index (χ1v) is 24.2. The summed E-state index contributed by atoms with van der Waals surface area (Å²) in [5.41, 5.74) is 21.6. The summed E-state index contributed by atoms with van der Waals surface area (Å²) < 4.78 is 0. The lowest BCUT2D eigenvalue weighted by Gasteiger charge is -2.41. The molecular formula is C64H49N5. The summed E-state index contributed by atoms with van der Waals surface area (Å²) in [6, 6.07) is 67.8. The van der Waals surface area contributed by atoms with Gasteiger partial charge in [-0.05, 0) is 152 Å². The number of aromatic nitrogens is 1. The van der Waals surface area contributed by atoms with Crippen molar-refractivity contribution >= 4 is 77.8 Å². The molecule has 0 spiro atoms. The van der Waals surface area contributed by atoms with Crippen LogP contribution >= 0.6 is 0 Å². The van der Waals surface area contributed by atoms with Crippen molar-refractivity contribution in [2.75, 3.05) is 33.7 Å². The van der Waals surface area contributed by atoms with E-state index in [0.29, 0.717) is 0 Å². The molecule has 2 aliphatic heterocycles. The van der Waals surface area contributed by atoms with Gasteiger partial charge in [-0.3, -0.25) is 4.98 Å². The van der Waals surface area contributed by atoms with E-state index < -0.39 is 0 Å². The first-order chi connectivity index (χ1) is 33.8. The summed E-state index contributed by atoms with van der Waals surface area (Å²) >= 11 is 0. The maximum atomic E-state index is 5.34. The second-order valence-electron chi connectivity index (χ2n) is 19.5. The number of allylic oxidation sites excluding steroid dienone is 3. The van der Waals surface area contributed by atoms with Crippen LogP contribution in [0.3, 0.4) is 0 Å². The van der Waals surface area contributed by atoms with Gasteiger partial charge in [-0.15, -0.1) is 0 Å². The molecule has 0 atom stereocenters. The Labute approximate surface area is 403 Å². The lowest BCUT2D eigenvalue weighted by Crippen LogP contribution is -2.32. The molecule has 69 heavy (non-hydrogen) atoms. The minimum absolute atomic E-state index is 0.166. The maximum Gasteiger partial charge on any atom is 0.0792 e. The quantitative estimate of drug-likeness (QED) is 0.164. The Balaban J connectivity index is 1.11. The Morgan fingerprint density at radius 1 is 0.464 bits per heavy atom. The average Bonchev–Trinajstić information content (AvgIpc) is 3.63. The van der Waals surface area contributed by atoms with Crippen molar-refractivity contribution in [3.8, 4) is 33.5 Å². The second kappa shape index (κ2) is 14.8. The number of anilines is 8. The summed E-state index contributed by atoms with van der Waals surface area (Å²) in [4.78, 5) is 15.0. The van der Waals surface area contributed by atoms with Crippen LogP contribution in [0.25, 0.3) is 65.8 Å². The predicted octanol–water partition coefficient (Wildman–Crippen LogP) is 16.9. The number of fused-ring (bicyclic) bond motifs is 9. The van der Waals surface area contributed by atoms with Gasteiger partial charge in [0.25, 0.3) is 0 Å². The molecular weight excluding hydrogens is 839 g/mol. The van der Waals surface area contributed by atoms with Crippen LogP contribution in [-0.2, 0) is 5.41 Å². The van der Waals surface area contributed by atoms with Gasteiger partial charge in [0.05, 0.1) is 45.5 Å². The van der Waals surface area contributed by atoms with Crippen molar-refractivity contribution in [1.29, 1.82) is 0 Å². The Bertz CT molecular complexity index is 3840. The van der Waals surface area contributed by atoms with Crippen molar-refractivity contribution in [3.05, 3.63) is 223 Å². The van der Waals surface area contributed by atoms with E-state index in [4.69, 9.17) is 4.98 Å². The Hall–Kier alpha value is -8.41. The van der Waals surface area contributed by atoms with Crippen molar-refractivity contribution in [2.45, 2.75) is 32.1 Å². The number of hydrogen-bond acceptors (Lipinski definition) is 5. The fourth-order valence-electron chi connectivity index (χ4n) is 12.3. The SMILES string of the molecule is CN1C2=C(C=CCC2)N(c2ccc3c(-c4nccc5ccccc45)c4cc(N5c6ccccc6N(C)c6ccccc65)ccc4c(-c4ccc5c(c4)C(C)(C)c4ccccc4-5)c3c2)c2ccccc21. The minimum Gasteiger partial charge on any atom is -0.345 e. The summed E-state index contributed by atoms with van der Waals surface area (Å²) in [6.45, 7) is 4.77. The number of nitrogens with zero attached hydrogens (tertiary/aromatic N) is 5. The van der Waals surface area contributed by atoms with Crippen molar-refractivity contribution in [3.63, 3.8) is 0 Å². The monoisotopic (exact) mass is 887 g/mol. The van der Waals surface area contributed by atoms with Gasteiger partial charge in [0, 0.05) is 53.7 Å². The largest absolute Gasteiger partial charge is 0.345 e. The van der Waals surface area contributed by atoms with Gasteiger partial charge < -0.3 is 19.6 Å². The molecule has 2 aliphatic carbocycles. The zero-order valence-corrected chi connectivity index (χ0v) is 39.2. The van der Waals surface area contributed by atoms with E-state index in [0.717, 1.165) is 69.0 Å². The number of pyridine rings is 1. The van der Waals surface area contributed by atoms with Crippen LogP contribution in [0.5, 0.6) is 0 Å².